The van der Waals surface area contributed by atoms with Crippen LogP contribution < -0.4 is 0 Å². The highest BCUT2D eigenvalue weighted by Crippen LogP contribution is 2.25. The van der Waals surface area contributed by atoms with Crippen molar-refractivity contribution in [2.45, 2.75) is 6.92 Å². The number of furan rings is 1. The van der Waals surface area contributed by atoms with Gasteiger partial charge in [0, 0.05) is 10.6 Å². The fraction of sp³-hybridized carbons (Fsp3) is 0.0833. The molecule has 1 radical (unpaired) electrons. The van der Waals surface area contributed by atoms with Crippen molar-refractivity contribution in [3.8, 4) is 11.3 Å². The van der Waals surface area contributed by atoms with E-state index < -0.39 is 0 Å². The van der Waals surface area contributed by atoms with Crippen molar-refractivity contribution in [1.82, 2.24) is 0 Å². The largest absolute Gasteiger partial charge is 0.461 e. The normalized spacial score (nSPS) is 10.3. The van der Waals surface area contributed by atoms with Gasteiger partial charge >= 0.3 is 0 Å². The number of aryl methyl sites for hydroxylation is 1. The Labute approximate surface area is 92.5 Å². The number of halogens is 1. The lowest BCUT2D eigenvalue weighted by atomic mass is 10.1. The van der Waals surface area contributed by atoms with Crippen LogP contribution in [0.5, 0.6) is 0 Å². The first-order valence-electron chi connectivity index (χ1n) is 4.45. The summed E-state index contributed by atoms with van der Waals surface area (Å²) in [4.78, 5) is 10.5. The molecule has 3 heteroatoms. The van der Waals surface area contributed by atoms with Gasteiger partial charge in [0.2, 0.25) is 6.29 Å². The third kappa shape index (κ3) is 1.95. The van der Waals surface area contributed by atoms with Gasteiger partial charge in [-0.3, -0.25) is 4.79 Å². The molecule has 1 aromatic carbocycles. The summed E-state index contributed by atoms with van der Waals surface area (Å²) in [5.41, 5.74) is 1.35. The summed E-state index contributed by atoms with van der Waals surface area (Å²) < 4.78 is 5.43. The van der Waals surface area contributed by atoms with Crippen molar-refractivity contribution in [1.29, 1.82) is 0 Å². The van der Waals surface area contributed by atoms with E-state index in [2.05, 4.69) is 0 Å². The van der Waals surface area contributed by atoms with Gasteiger partial charge in [0.15, 0.2) is 0 Å². The maximum absolute atomic E-state index is 10.5. The fourth-order valence-electron chi connectivity index (χ4n) is 1.34. The molecule has 1 aromatic heterocycles. The van der Waals surface area contributed by atoms with Crippen LogP contribution in [0.4, 0.5) is 0 Å². The Morgan fingerprint density at radius 1 is 1.27 bits per heavy atom. The predicted molar refractivity (Wildman–Crippen MR) is 58.7 cm³/mol. The average molecular weight is 220 g/mol. The Morgan fingerprint density at radius 3 is 2.47 bits per heavy atom. The van der Waals surface area contributed by atoms with E-state index >= 15 is 0 Å². The van der Waals surface area contributed by atoms with Gasteiger partial charge < -0.3 is 4.42 Å². The molecule has 0 unspecified atom stereocenters. The summed E-state index contributed by atoms with van der Waals surface area (Å²) in [7, 11) is 0. The monoisotopic (exact) mass is 219 g/mol. The first-order valence-corrected chi connectivity index (χ1v) is 4.83. The van der Waals surface area contributed by atoms with Crippen molar-refractivity contribution in [2.75, 3.05) is 0 Å². The summed E-state index contributed by atoms with van der Waals surface area (Å²) in [5, 5.41) is 0.671. The topological polar surface area (TPSA) is 30.2 Å². The Hall–Kier alpha value is -1.54. The molecule has 15 heavy (non-hydrogen) atoms. The zero-order valence-electron chi connectivity index (χ0n) is 8.08. The maximum Gasteiger partial charge on any atom is 0.237 e. The SMILES string of the molecule is Cc1oc(-c2ccc(Cl)cc2)cc1[C]=O. The maximum atomic E-state index is 10.5. The predicted octanol–water partition coefficient (Wildman–Crippen LogP) is 3.37. The lowest BCUT2D eigenvalue weighted by Gasteiger charge is -1.95. The Kier molecular flexibility index (Phi) is 2.60. The highest BCUT2D eigenvalue weighted by atomic mass is 35.5. The van der Waals surface area contributed by atoms with Crippen LogP contribution in [0.3, 0.4) is 0 Å². The molecular formula is C12H8ClO2. The molecule has 2 aromatic rings. The Morgan fingerprint density at radius 2 is 1.93 bits per heavy atom. The summed E-state index contributed by atoms with van der Waals surface area (Å²) in [6.07, 6.45) is 1.83. The van der Waals surface area contributed by atoms with Crippen LogP contribution in [0, 0.1) is 6.92 Å². The lowest BCUT2D eigenvalue weighted by molar-refractivity contribution is 0.541. The molecule has 1 heterocycles. The molecule has 0 N–H and O–H groups in total. The van der Waals surface area contributed by atoms with Gasteiger partial charge in [-0.05, 0) is 37.3 Å². The molecule has 0 spiro atoms. The van der Waals surface area contributed by atoms with Gasteiger partial charge in [0.1, 0.15) is 11.5 Å². The molecule has 0 fully saturated rings. The van der Waals surface area contributed by atoms with Crippen molar-refractivity contribution >= 4 is 17.9 Å². The molecule has 0 saturated heterocycles. The zero-order chi connectivity index (χ0) is 10.8. The van der Waals surface area contributed by atoms with E-state index in [4.69, 9.17) is 16.0 Å². The van der Waals surface area contributed by atoms with Gasteiger partial charge in [-0.25, -0.2) is 0 Å². The summed E-state index contributed by atoms with van der Waals surface area (Å²) >= 11 is 5.77. The fourth-order valence-corrected chi connectivity index (χ4v) is 1.47. The van der Waals surface area contributed by atoms with E-state index in [1.54, 1.807) is 25.1 Å². The number of hydrogen-bond donors (Lipinski definition) is 0. The van der Waals surface area contributed by atoms with Crippen LogP contribution in [-0.4, -0.2) is 6.29 Å². The molecule has 2 nitrogen and oxygen atoms in total. The minimum Gasteiger partial charge on any atom is -0.461 e. The first kappa shape index (κ1) is 9.99. The Bertz CT molecular complexity index is 483. The highest BCUT2D eigenvalue weighted by molar-refractivity contribution is 6.30. The van der Waals surface area contributed by atoms with Gasteiger partial charge in [-0.1, -0.05) is 11.6 Å². The molecule has 75 valence electrons. The van der Waals surface area contributed by atoms with Gasteiger partial charge in [-0.15, -0.1) is 0 Å². The van der Waals surface area contributed by atoms with Gasteiger partial charge in [-0.2, -0.15) is 0 Å². The van der Waals surface area contributed by atoms with E-state index in [9.17, 15) is 4.79 Å². The standard InChI is InChI=1S/C12H8ClO2/c1-8-10(7-14)6-12(15-8)9-2-4-11(13)5-3-9/h2-6H,1H3. The summed E-state index contributed by atoms with van der Waals surface area (Å²) in [5.74, 6) is 1.23. The smallest absolute Gasteiger partial charge is 0.237 e. The number of hydrogen-bond acceptors (Lipinski definition) is 2. The molecule has 0 aliphatic carbocycles. The number of benzene rings is 1. The van der Waals surface area contributed by atoms with Crippen LogP contribution >= 0.6 is 11.6 Å². The molecule has 2 rings (SSSR count). The van der Waals surface area contributed by atoms with E-state index in [0.717, 1.165) is 5.56 Å². The Balaban J connectivity index is 2.45. The second kappa shape index (κ2) is 3.91. The van der Waals surface area contributed by atoms with Crippen molar-refractivity contribution in [3.63, 3.8) is 0 Å². The third-order valence-electron chi connectivity index (χ3n) is 2.16. The molecule has 0 atom stereocenters. The highest BCUT2D eigenvalue weighted by Gasteiger charge is 2.08. The molecule has 0 bridgehead atoms. The van der Waals surface area contributed by atoms with Crippen LogP contribution in [0.1, 0.15) is 11.3 Å². The van der Waals surface area contributed by atoms with E-state index in [0.29, 0.717) is 22.1 Å². The van der Waals surface area contributed by atoms with Crippen molar-refractivity contribution in [2.24, 2.45) is 0 Å². The summed E-state index contributed by atoms with van der Waals surface area (Å²) in [6, 6.07) is 8.91. The van der Waals surface area contributed by atoms with E-state index in [-0.39, 0.29) is 0 Å². The zero-order valence-corrected chi connectivity index (χ0v) is 8.84. The molecule has 0 saturated carbocycles. The molecule has 0 aliphatic rings. The van der Waals surface area contributed by atoms with Crippen LogP contribution in [0.25, 0.3) is 11.3 Å². The van der Waals surface area contributed by atoms with Crippen LogP contribution in [0.15, 0.2) is 34.7 Å². The minimum atomic E-state index is 0.458. The summed E-state index contributed by atoms with van der Waals surface area (Å²) in [6.45, 7) is 1.74. The number of carbonyl (C=O) groups excluding carboxylic acids is 1. The second-order valence-corrected chi connectivity index (χ2v) is 3.63. The van der Waals surface area contributed by atoms with Crippen molar-refractivity contribution in [3.05, 3.63) is 46.7 Å². The third-order valence-corrected chi connectivity index (χ3v) is 2.41. The minimum absolute atomic E-state index is 0.458. The van der Waals surface area contributed by atoms with Crippen LogP contribution in [0.2, 0.25) is 5.02 Å². The first-order chi connectivity index (χ1) is 7.20. The molecule has 0 aliphatic heterocycles. The van der Waals surface area contributed by atoms with Crippen LogP contribution in [-0.2, 0) is 4.79 Å². The van der Waals surface area contributed by atoms with E-state index in [1.165, 1.54) is 0 Å². The second-order valence-electron chi connectivity index (χ2n) is 3.19. The van der Waals surface area contributed by atoms with Gasteiger partial charge in [0.25, 0.3) is 0 Å². The quantitative estimate of drug-likeness (QED) is 0.775. The lowest BCUT2D eigenvalue weighted by Crippen LogP contribution is -1.75. The molecular weight excluding hydrogens is 212 g/mol. The van der Waals surface area contributed by atoms with Gasteiger partial charge in [0.05, 0.1) is 5.56 Å². The number of rotatable bonds is 2. The average Bonchev–Trinajstić information content (AvgIpc) is 2.61. The van der Waals surface area contributed by atoms with E-state index in [1.807, 2.05) is 18.4 Å². The molecule has 0 amide bonds. The van der Waals surface area contributed by atoms with Crippen molar-refractivity contribution < 1.29 is 9.21 Å².